The third kappa shape index (κ3) is 1.17. The van der Waals surface area contributed by atoms with E-state index in [-0.39, 0.29) is 18.0 Å². The third-order valence-corrected chi connectivity index (χ3v) is 2.28. The zero-order valence-corrected chi connectivity index (χ0v) is 6.99. The second kappa shape index (κ2) is 2.78. The number of benzene rings is 1. The van der Waals surface area contributed by atoms with Crippen LogP contribution in [0.4, 0.5) is 0 Å². The minimum atomic E-state index is -0.617. The van der Waals surface area contributed by atoms with Crippen molar-refractivity contribution in [2.45, 2.75) is 12.5 Å². The molecule has 0 fully saturated rings. The molecule has 0 spiro atoms. The molecule has 0 aliphatic heterocycles. The van der Waals surface area contributed by atoms with Gasteiger partial charge in [-0.3, -0.25) is 9.59 Å². The molecule has 13 heavy (non-hydrogen) atoms. The van der Waals surface area contributed by atoms with Crippen LogP contribution in [0.15, 0.2) is 24.3 Å². The van der Waals surface area contributed by atoms with E-state index in [1.54, 1.807) is 24.3 Å². The number of ketones is 2. The van der Waals surface area contributed by atoms with Gasteiger partial charge in [0.15, 0.2) is 11.6 Å². The van der Waals surface area contributed by atoms with E-state index in [2.05, 4.69) is 0 Å². The summed E-state index contributed by atoms with van der Waals surface area (Å²) < 4.78 is 0. The number of Topliss-reactive ketones (excluding diaryl/α,β-unsaturated/α-hetero) is 2. The van der Waals surface area contributed by atoms with Crippen molar-refractivity contribution in [1.82, 2.24) is 0 Å². The summed E-state index contributed by atoms with van der Waals surface area (Å²) >= 11 is 0. The van der Waals surface area contributed by atoms with Crippen molar-refractivity contribution < 1.29 is 9.59 Å². The lowest BCUT2D eigenvalue weighted by atomic mass is 9.86. The van der Waals surface area contributed by atoms with Gasteiger partial charge in [0.2, 0.25) is 0 Å². The molecule has 1 aromatic rings. The van der Waals surface area contributed by atoms with Crippen LogP contribution in [0.25, 0.3) is 0 Å². The molecule has 1 aliphatic carbocycles. The van der Waals surface area contributed by atoms with Gasteiger partial charge in [0, 0.05) is 5.56 Å². The maximum absolute atomic E-state index is 11.4. The zero-order valence-electron chi connectivity index (χ0n) is 6.99. The summed E-state index contributed by atoms with van der Waals surface area (Å²) in [5, 5.41) is 0. The number of hydrogen-bond acceptors (Lipinski definition) is 3. The van der Waals surface area contributed by atoms with E-state index in [1.165, 1.54) is 0 Å². The molecule has 3 heteroatoms. The number of rotatable bonds is 0. The Kier molecular flexibility index (Phi) is 1.74. The molecular weight excluding hydrogens is 166 g/mol. The first-order valence-electron chi connectivity index (χ1n) is 4.10. The first-order valence-corrected chi connectivity index (χ1v) is 4.10. The standard InChI is InChI=1S/C10H9NO2/c11-10-7-4-2-1-3-6(7)8(12)5-9(10)13/h1-4,10H,5,11H2. The van der Waals surface area contributed by atoms with E-state index >= 15 is 0 Å². The van der Waals surface area contributed by atoms with Crippen molar-refractivity contribution in [1.29, 1.82) is 0 Å². The molecule has 1 aromatic carbocycles. The first kappa shape index (κ1) is 8.13. The Morgan fingerprint density at radius 1 is 1.23 bits per heavy atom. The van der Waals surface area contributed by atoms with Gasteiger partial charge < -0.3 is 5.73 Å². The van der Waals surface area contributed by atoms with Gasteiger partial charge in [-0.25, -0.2) is 0 Å². The molecule has 2 rings (SSSR count). The van der Waals surface area contributed by atoms with Crippen molar-refractivity contribution in [2.75, 3.05) is 0 Å². The molecule has 1 atom stereocenters. The summed E-state index contributed by atoms with van der Waals surface area (Å²) in [6.45, 7) is 0. The predicted octanol–water partition coefficient (Wildman–Crippen LogP) is 0.842. The molecule has 2 N–H and O–H groups in total. The Hall–Kier alpha value is -1.48. The summed E-state index contributed by atoms with van der Waals surface area (Å²) in [6, 6.07) is 6.39. The van der Waals surface area contributed by atoms with Crippen LogP contribution in [0.2, 0.25) is 0 Å². The summed E-state index contributed by atoms with van der Waals surface area (Å²) in [7, 11) is 0. The van der Waals surface area contributed by atoms with E-state index in [0.29, 0.717) is 11.1 Å². The average molecular weight is 175 g/mol. The van der Waals surface area contributed by atoms with Gasteiger partial charge in [0.05, 0.1) is 12.5 Å². The van der Waals surface area contributed by atoms with Gasteiger partial charge in [-0.2, -0.15) is 0 Å². The van der Waals surface area contributed by atoms with Crippen LogP contribution in [0.1, 0.15) is 28.4 Å². The Bertz CT molecular complexity index is 384. The maximum atomic E-state index is 11.4. The largest absolute Gasteiger partial charge is 0.318 e. The van der Waals surface area contributed by atoms with Crippen molar-refractivity contribution in [3.8, 4) is 0 Å². The number of fused-ring (bicyclic) bond motifs is 1. The van der Waals surface area contributed by atoms with Crippen molar-refractivity contribution in [3.63, 3.8) is 0 Å². The lowest BCUT2D eigenvalue weighted by Gasteiger charge is -2.19. The fraction of sp³-hybridized carbons (Fsp3) is 0.200. The second-order valence-corrected chi connectivity index (χ2v) is 3.13. The number of hydrogen-bond donors (Lipinski definition) is 1. The summed E-state index contributed by atoms with van der Waals surface area (Å²) in [5.74, 6) is -0.314. The molecule has 0 heterocycles. The molecule has 0 saturated heterocycles. The normalized spacial score (nSPS) is 21.5. The van der Waals surface area contributed by atoms with E-state index in [4.69, 9.17) is 5.73 Å². The number of carbonyl (C=O) groups is 2. The van der Waals surface area contributed by atoms with Crippen molar-refractivity contribution in [3.05, 3.63) is 35.4 Å². The second-order valence-electron chi connectivity index (χ2n) is 3.13. The van der Waals surface area contributed by atoms with Gasteiger partial charge in [0.1, 0.15) is 0 Å². The highest BCUT2D eigenvalue weighted by molar-refractivity contribution is 6.14. The molecule has 3 nitrogen and oxygen atoms in total. The molecular formula is C10H9NO2. The minimum Gasteiger partial charge on any atom is -0.318 e. The zero-order chi connectivity index (χ0) is 9.42. The van der Waals surface area contributed by atoms with Gasteiger partial charge in [-0.05, 0) is 5.56 Å². The minimum absolute atomic E-state index is 0.0574. The molecule has 0 amide bonds. The lowest BCUT2D eigenvalue weighted by Crippen LogP contribution is -2.30. The Labute approximate surface area is 75.5 Å². The lowest BCUT2D eigenvalue weighted by molar-refractivity contribution is -0.119. The van der Waals surface area contributed by atoms with Crippen molar-refractivity contribution >= 4 is 11.6 Å². The third-order valence-electron chi connectivity index (χ3n) is 2.28. The molecule has 1 unspecified atom stereocenters. The van der Waals surface area contributed by atoms with Gasteiger partial charge in [-0.15, -0.1) is 0 Å². The van der Waals surface area contributed by atoms with Crippen LogP contribution in [-0.4, -0.2) is 11.6 Å². The van der Waals surface area contributed by atoms with E-state index in [0.717, 1.165) is 0 Å². The van der Waals surface area contributed by atoms with Crippen LogP contribution in [0.5, 0.6) is 0 Å². The van der Waals surface area contributed by atoms with Gasteiger partial charge in [-0.1, -0.05) is 24.3 Å². The van der Waals surface area contributed by atoms with Gasteiger partial charge in [0.25, 0.3) is 0 Å². The van der Waals surface area contributed by atoms with E-state index in [1.807, 2.05) is 0 Å². The highest BCUT2D eigenvalue weighted by Crippen LogP contribution is 2.24. The highest BCUT2D eigenvalue weighted by atomic mass is 16.1. The molecule has 0 aromatic heterocycles. The summed E-state index contributed by atoms with van der Waals surface area (Å²) in [4.78, 5) is 22.6. The van der Waals surface area contributed by atoms with Crippen molar-refractivity contribution in [2.24, 2.45) is 5.73 Å². The molecule has 66 valence electrons. The van der Waals surface area contributed by atoms with Crippen LogP contribution < -0.4 is 5.73 Å². The first-order chi connectivity index (χ1) is 6.20. The highest BCUT2D eigenvalue weighted by Gasteiger charge is 2.28. The molecule has 0 radical (unpaired) electrons. The smallest absolute Gasteiger partial charge is 0.170 e. The fourth-order valence-corrected chi connectivity index (χ4v) is 1.56. The monoisotopic (exact) mass is 175 g/mol. The van der Waals surface area contributed by atoms with E-state index < -0.39 is 6.04 Å². The van der Waals surface area contributed by atoms with Crippen LogP contribution >= 0.6 is 0 Å². The fourth-order valence-electron chi connectivity index (χ4n) is 1.56. The molecule has 1 aliphatic rings. The summed E-state index contributed by atoms with van der Waals surface area (Å²) in [5.41, 5.74) is 6.90. The summed E-state index contributed by atoms with van der Waals surface area (Å²) in [6.07, 6.45) is -0.0574. The Morgan fingerprint density at radius 3 is 2.69 bits per heavy atom. The van der Waals surface area contributed by atoms with Gasteiger partial charge >= 0.3 is 0 Å². The van der Waals surface area contributed by atoms with Crippen LogP contribution in [0, 0.1) is 0 Å². The van der Waals surface area contributed by atoms with Crippen LogP contribution in [-0.2, 0) is 4.79 Å². The number of nitrogens with two attached hydrogens (primary N) is 1. The Morgan fingerprint density at radius 2 is 1.92 bits per heavy atom. The van der Waals surface area contributed by atoms with Crippen LogP contribution in [0.3, 0.4) is 0 Å². The predicted molar refractivity (Wildman–Crippen MR) is 47.3 cm³/mol. The molecule has 0 saturated carbocycles. The molecule has 0 bridgehead atoms. The SMILES string of the molecule is NC1C(=O)CC(=O)c2ccccc21. The Balaban J connectivity index is 2.60. The quantitative estimate of drug-likeness (QED) is 0.594. The van der Waals surface area contributed by atoms with E-state index in [9.17, 15) is 9.59 Å². The number of carbonyl (C=O) groups excluding carboxylic acids is 2. The topological polar surface area (TPSA) is 60.2 Å². The maximum Gasteiger partial charge on any atom is 0.170 e. The average Bonchev–Trinajstić information content (AvgIpc) is 2.15.